The van der Waals surface area contributed by atoms with Gasteiger partial charge in [-0.3, -0.25) is 4.68 Å². The maximum atomic E-state index is 11.5. The molecule has 2 unspecified atom stereocenters. The number of hydrogen-bond donors (Lipinski definition) is 1. The highest BCUT2D eigenvalue weighted by molar-refractivity contribution is 7.91. The van der Waals surface area contributed by atoms with Crippen LogP contribution in [0.1, 0.15) is 37.8 Å². The second-order valence-corrected chi connectivity index (χ2v) is 7.69. The molecule has 1 aromatic heterocycles. The maximum Gasteiger partial charge on any atom is 0.150 e. The van der Waals surface area contributed by atoms with Crippen LogP contribution in [0.3, 0.4) is 0 Å². The molecule has 0 bridgehead atoms. The number of sulfone groups is 1. The highest BCUT2D eigenvalue weighted by Crippen LogP contribution is 2.28. The summed E-state index contributed by atoms with van der Waals surface area (Å²) in [4.78, 5) is 0. The first-order valence-electron chi connectivity index (χ1n) is 6.92. The monoisotopic (exact) mass is 285 g/mol. The number of aryl methyl sites for hydroxylation is 1. The summed E-state index contributed by atoms with van der Waals surface area (Å²) in [5.41, 5.74) is 1.15. The fourth-order valence-corrected chi connectivity index (χ4v) is 4.55. The Morgan fingerprint density at radius 1 is 1.58 bits per heavy atom. The normalized spacial score (nSPS) is 23.6. The van der Waals surface area contributed by atoms with Crippen molar-refractivity contribution < 1.29 is 8.42 Å². The largest absolute Gasteiger partial charge is 0.310 e. The summed E-state index contributed by atoms with van der Waals surface area (Å²) in [5, 5.41) is 7.71. The Kier molecular flexibility index (Phi) is 4.62. The van der Waals surface area contributed by atoms with Gasteiger partial charge in [-0.15, -0.1) is 0 Å². The van der Waals surface area contributed by atoms with Crippen molar-refractivity contribution in [3.05, 3.63) is 18.0 Å². The van der Waals surface area contributed by atoms with Crippen molar-refractivity contribution in [2.24, 2.45) is 13.0 Å². The minimum absolute atomic E-state index is 0.215. The van der Waals surface area contributed by atoms with E-state index in [0.717, 1.165) is 31.4 Å². The van der Waals surface area contributed by atoms with E-state index in [0.29, 0.717) is 11.5 Å². The van der Waals surface area contributed by atoms with Crippen molar-refractivity contribution in [3.63, 3.8) is 0 Å². The van der Waals surface area contributed by atoms with Gasteiger partial charge in [0.15, 0.2) is 9.84 Å². The fourth-order valence-electron chi connectivity index (χ4n) is 2.67. The van der Waals surface area contributed by atoms with Crippen LogP contribution in [0.5, 0.6) is 0 Å². The zero-order valence-corrected chi connectivity index (χ0v) is 12.5. The molecule has 108 valence electrons. The van der Waals surface area contributed by atoms with Crippen LogP contribution in [0.2, 0.25) is 0 Å². The zero-order chi connectivity index (χ0) is 13.9. The lowest BCUT2D eigenvalue weighted by atomic mass is 9.96. The molecule has 1 aliphatic rings. The van der Waals surface area contributed by atoms with Crippen molar-refractivity contribution in [1.82, 2.24) is 15.1 Å². The molecule has 2 heterocycles. The van der Waals surface area contributed by atoms with Crippen molar-refractivity contribution in [2.45, 2.75) is 32.2 Å². The smallest absolute Gasteiger partial charge is 0.150 e. The standard InChI is InChI=1S/C13H23N3O2S/c1-3-5-14-13(12-8-15-16(2)9-12)7-11-4-6-19(17,18)10-11/h8-9,11,13-14H,3-7,10H2,1-2H3. The van der Waals surface area contributed by atoms with Gasteiger partial charge in [-0.25, -0.2) is 8.42 Å². The number of hydrogen-bond acceptors (Lipinski definition) is 4. The van der Waals surface area contributed by atoms with Gasteiger partial charge in [0.1, 0.15) is 0 Å². The van der Waals surface area contributed by atoms with Gasteiger partial charge in [0.2, 0.25) is 0 Å². The SMILES string of the molecule is CCCNC(CC1CCS(=O)(=O)C1)c1cnn(C)c1. The highest BCUT2D eigenvalue weighted by atomic mass is 32.2. The molecule has 6 heteroatoms. The fraction of sp³-hybridized carbons (Fsp3) is 0.769. The molecular weight excluding hydrogens is 262 g/mol. The molecule has 0 aromatic carbocycles. The molecule has 2 rings (SSSR count). The van der Waals surface area contributed by atoms with Gasteiger partial charge in [-0.05, 0) is 31.7 Å². The van der Waals surface area contributed by atoms with E-state index in [1.54, 1.807) is 4.68 Å². The first-order valence-corrected chi connectivity index (χ1v) is 8.74. The van der Waals surface area contributed by atoms with E-state index in [9.17, 15) is 8.42 Å². The van der Waals surface area contributed by atoms with E-state index < -0.39 is 9.84 Å². The molecule has 1 fully saturated rings. The molecule has 1 saturated heterocycles. The molecular formula is C13H23N3O2S. The highest BCUT2D eigenvalue weighted by Gasteiger charge is 2.30. The van der Waals surface area contributed by atoms with Crippen LogP contribution in [0.4, 0.5) is 0 Å². The van der Waals surface area contributed by atoms with Gasteiger partial charge in [0.25, 0.3) is 0 Å². The lowest BCUT2D eigenvalue weighted by Gasteiger charge is -2.20. The van der Waals surface area contributed by atoms with Crippen LogP contribution in [-0.2, 0) is 16.9 Å². The first-order chi connectivity index (χ1) is 9.00. The molecule has 5 nitrogen and oxygen atoms in total. The van der Waals surface area contributed by atoms with Gasteiger partial charge in [0, 0.05) is 24.8 Å². The van der Waals surface area contributed by atoms with Gasteiger partial charge in [0.05, 0.1) is 17.7 Å². The molecule has 1 aromatic rings. The Balaban J connectivity index is 2.02. The lowest BCUT2D eigenvalue weighted by Crippen LogP contribution is -2.24. The number of nitrogens with one attached hydrogen (secondary N) is 1. The van der Waals surface area contributed by atoms with Crippen LogP contribution in [0.25, 0.3) is 0 Å². The molecule has 0 spiro atoms. The van der Waals surface area contributed by atoms with Crippen LogP contribution < -0.4 is 5.32 Å². The Bertz CT molecular complexity index is 510. The lowest BCUT2D eigenvalue weighted by molar-refractivity contribution is 0.415. The van der Waals surface area contributed by atoms with Gasteiger partial charge >= 0.3 is 0 Å². The van der Waals surface area contributed by atoms with E-state index >= 15 is 0 Å². The zero-order valence-electron chi connectivity index (χ0n) is 11.7. The average molecular weight is 285 g/mol. The Morgan fingerprint density at radius 3 is 2.89 bits per heavy atom. The summed E-state index contributed by atoms with van der Waals surface area (Å²) in [6.07, 6.45) is 6.63. The Labute approximate surface area is 115 Å². The second kappa shape index (κ2) is 6.05. The molecule has 0 saturated carbocycles. The minimum Gasteiger partial charge on any atom is -0.310 e. The van der Waals surface area contributed by atoms with E-state index in [-0.39, 0.29) is 12.0 Å². The minimum atomic E-state index is -2.79. The predicted molar refractivity (Wildman–Crippen MR) is 75.6 cm³/mol. The van der Waals surface area contributed by atoms with Gasteiger partial charge < -0.3 is 5.32 Å². The third-order valence-electron chi connectivity index (χ3n) is 3.66. The summed E-state index contributed by atoms with van der Waals surface area (Å²) in [6.45, 7) is 3.08. The molecule has 19 heavy (non-hydrogen) atoms. The third kappa shape index (κ3) is 4.04. The van der Waals surface area contributed by atoms with Crippen molar-refractivity contribution in [3.8, 4) is 0 Å². The average Bonchev–Trinajstić information content (AvgIpc) is 2.91. The molecule has 2 atom stereocenters. The molecule has 0 amide bonds. The van der Waals surface area contributed by atoms with E-state index in [1.165, 1.54) is 0 Å². The molecule has 1 N–H and O–H groups in total. The molecule has 0 radical (unpaired) electrons. The van der Waals surface area contributed by atoms with Gasteiger partial charge in [-0.2, -0.15) is 5.10 Å². The Hall–Kier alpha value is -0.880. The third-order valence-corrected chi connectivity index (χ3v) is 5.50. The summed E-state index contributed by atoms with van der Waals surface area (Å²) >= 11 is 0. The van der Waals surface area contributed by atoms with Crippen LogP contribution in [0, 0.1) is 5.92 Å². The second-order valence-electron chi connectivity index (χ2n) is 5.46. The topological polar surface area (TPSA) is 64.0 Å². The summed E-state index contributed by atoms with van der Waals surface area (Å²) in [5.74, 6) is 0.975. The number of aromatic nitrogens is 2. The van der Waals surface area contributed by atoms with E-state index in [4.69, 9.17) is 0 Å². The molecule has 0 aliphatic carbocycles. The quantitative estimate of drug-likeness (QED) is 0.855. The van der Waals surface area contributed by atoms with E-state index in [1.807, 2.05) is 19.4 Å². The van der Waals surface area contributed by atoms with E-state index in [2.05, 4.69) is 17.3 Å². The molecule has 1 aliphatic heterocycles. The first kappa shape index (κ1) is 14.5. The maximum absolute atomic E-state index is 11.5. The van der Waals surface area contributed by atoms with Crippen LogP contribution >= 0.6 is 0 Å². The summed E-state index contributed by atoms with van der Waals surface area (Å²) in [7, 11) is -0.884. The summed E-state index contributed by atoms with van der Waals surface area (Å²) in [6, 6.07) is 0.215. The van der Waals surface area contributed by atoms with Crippen molar-refractivity contribution in [1.29, 1.82) is 0 Å². The van der Waals surface area contributed by atoms with Crippen molar-refractivity contribution in [2.75, 3.05) is 18.1 Å². The van der Waals surface area contributed by atoms with Crippen molar-refractivity contribution >= 4 is 9.84 Å². The van der Waals surface area contributed by atoms with Crippen LogP contribution in [-0.4, -0.2) is 36.2 Å². The summed E-state index contributed by atoms with van der Waals surface area (Å²) < 4.78 is 24.9. The predicted octanol–water partition coefficient (Wildman–Crippen LogP) is 1.29. The number of nitrogens with zero attached hydrogens (tertiary/aromatic N) is 2. The number of rotatable bonds is 6. The Morgan fingerprint density at radius 2 is 2.37 bits per heavy atom. The van der Waals surface area contributed by atoms with Crippen LogP contribution in [0.15, 0.2) is 12.4 Å². The van der Waals surface area contributed by atoms with Gasteiger partial charge in [-0.1, -0.05) is 6.92 Å².